The average molecular weight is 252 g/mol. The van der Waals surface area contributed by atoms with Gasteiger partial charge in [-0.3, -0.25) is 9.88 Å². The number of unbranched alkanes of at least 4 members (excludes halogenated alkanes) is 1. The van der Waals surface area contributed by atoms with Gasteiger partial charge in [0.25, 0.3) is 0 Å². The van der Waals surface area contributed by atoms with Gasteiger partial charge in [0.1, 0.15) is 0 Å². The molecule has 0 aliphatic carbocycles. The third-order valence-corrected chi connectivity index (χ3v) is 2.68. The summed E-state index contributed by atoms with van der Waals surface area (Å²) in [6.45, 7) is 4.72. The molecule has 1 rings (SSSR count). The van der Waals surface area contributed by atoms with Crippen molar-refractivity contribution < 1.29 is 9.84 Å². The summed E-state index contributed by atoms with van der Waals surface area (Å²) in [7, 11) is 2.00. The molecule has 1 atom stereocenters. The van der Waals surface area contributed by atoms with Crippen LogP contribution in [-0.2, 0) is 11.3 Å². The molecule has 102 valence electrons. The van der Waals surface area contributed by atoms with Gasteiger partial charge in [-0.15, -0.1) is 0 Å². The minimum absolute atomic E-state index is 0.417. The first kappa shape index (κ1) is 15.1. The smallest absolute Gasteiger partial charge is 0.0900 e. The molecule has 0 bridgehead atoms. The molecule has 1 aromatic rings. The SMILES string of the molecule is CCCCOCC(O)CN(C)Cc1ccncc1. The maximum atomic E-state index is 9.82. The molecule has 0 aliphatic rings. The molecule has 1 N–H and O–H groups in total. The molecular weight excluding hydrogens is 228 g/mol. The lowest BCUT2D eigenvalue weighted by atomic mass is 10.2. The third-order valence-electron chi connectivity index (χ3n) is 2.68. The van der Waals surface area contributed by atoms with E-state index >= 15 is 0 Å². The van der Waals surface area contributed by atoms with Crippen LogP contribution >= 0.6 is 0 Å². The highest BCUT2D eigenvalue weighted by Crippen LogP contribution is 2.02. The van der Waals surface area contributed by atoms with Gasteiger partial charge in [0.05, 0.1) is 12.7 Å². The largest absolute Gasteiger partial charge is 0.389 e. The number of nitrogens with zero attached hydrogens (tertiary/aromatic N) is 2. The van der Waals surface area contributed by atoms with E-state index in [1.807, 2.05) is 19.2 Å². The molecule has 0 amide bonds. The highest BCUT2D eigenvalue weighted by molar-refractivity contribution is 5.09. The van der Waals surface area contributed by atoms with E-state index in [0.29, 0.717) is 13.2 Å². The van der Waals surface area contributed by atoms with E-state index in [1.165, 1.54) is 5.56 Å². The second kappa shape index (κ2) is 9.03. The zero-order valence-corrected chi connectivity index (χ0v) is 11.4. The lowest BCUT2D eigenvalue weighted by molar-refractivity contribution is 0.0188. The van der Waals surface area contributed by atoms with Crippen molar-refractivity contribution in [2.45, 2.75) is 32.4 Å². The molecule has 1 heterocycles. The number of ether oxygens (including phenoxy) is 1. The Kier molecular flexibility index (Phi) is 7.57. The summed E-state index contributed by atoms with van der Waals surface area (Å²) in [6.07, 6.45) is 5.33. The molecule has 0 saturated heterocycles. The molecule has 0 spiro atoms. The van der Waals surface area contributed by atoms with Crippen LogP contribution in [0.25, 0.3) is 0 Å². The molecule has 1 unspecified atom stereocenters. The number of aromatic nitrogens is 1. The average Bonchev–Trinajstić information content (AvgIpc) is 2.35. The van der Waals surface area contributed by atoms with Crippen molar-refractivity contribution in [3.05, 3.63) is 30.1 Å². The van der Waals surface area contributed by atoms with Gasteiger partial charge in [-0.2, -0.15) is 0 Å². The Hall–Kier alpha value is -0.970. The highest BCUT2D eigenvalue weighted by atomic mass is 16.5. The molecule has 4 heteroatoms. The Morgan fingerprint density at radius 3 is 2.78 bits per heavy atom. The van der Waals surface area contributed by atoms with Gasteiger partial charge in [-0.1, -0.05) is 13.3 Å². The van der Waals surface area contributed by atoms with Crippen molar-refractivity contribution in [2.75, 3.05) is 26.8 Å². The quantitative estimate of drug-likeness (QED) is 0.679. The van der Waals surface area contributed by atoms with E-state index in [-0.39, 0.29) is 0 Å². The number of likely N-dealkylation sites (N-methyl/N-ethyl adjacent to an activating group) is 1. The van der Waals surface area contributed by atoms with Crippen molar-refractivity contribution in [1.29, 1.82) is 0 Å². The molecule has 0 radical (unpaired) electrons. The molecule has 1 aromatic heterocycles. The summed E-state index contributed by atoms with van der Waals surface area (Å²) in [4.78, 5) is 6.07. The molecule has 4 nitrogen and oxygen atoms in total. The number of pyridine rings is 1. The number of rotatable bonds is 9. The molecule has 0 fully saturated rings. The Morgan fingerprint density at radius 1 is 1.39 bits per heavy atom. The molecule has 0 aliphatic heterocycles. The Morgan fingerprint density at radius 2 is 2.11 bits per heavy atom. The fourth-order valence-corrected chi connectivity index (χ4v) is 1.74. The van der Waals surface area contributed by atoms with Gasteiger partial charge in [0.15, 0.2) is 0 Å². The van der Waals surface area contributed by atoms with E-state index in [9.17, 15) is 5.11 Å². The lowest BCUT2D eigenvalue weighted by Gasteiger charge is -2.20. The summed E-state index contributed by atoms with van der Waals surface area (Å²) in [5.74, 6) is 0. The van der Waals surface area contributed by atoms with Gasteiger partial charge in [-0.05, 0) is 31.2 Å². The van der Waals surface area contributed by atoms with Crippen LogP contribution in [0.4, 0.5) is 0 Å². The first-order chi connectivity index (χ1) is 8.72. The van der Waals surface area contributed by atoms with E-state index in [0.717, 1.165) is 26.0 Å². The van der Waals surface area contributed by atoms with Gasteiger partial charge in [0.2, 0.25) is 0 Å². The third kappa shape index (κ3) is 6.69. The second-order valence-corrected chi connectivity index (χ2v) is 4.63. The number of aliphatic hydroxyl groups is 1. The van der Waals surface area contributed by atoms with E-state index in [1.54, 1.807) is 12.4 Å². The maximum absolute atomic E-state index is 9.82. The van der Waals surface area contributed by atoms with E-state index in [4.69, 9.17) is 4.74 Å². The van der Waals surface area contributed by atoms with Crippen molar-refractivity contribution in [3.63, 3.8) is 0 Å². The maximum Gasteiger partial charge on any atom is 0.0900 e. The summed E-state index contributed by atoms with van der Waals surface area (Å²) in [5, 5.41) is 9.82. The molecule has 18 heavy (non-hydrogen) atoms. The zero-order chi connectivity index (χ0) is 13.2. The Labute approximate surface area is 110 Å². The molecule has 0 saturated carbocycles. The van der Waals surface area contributed by atoms with E-state index < -0.39 is 6.10 Å². The topological polar surface area (TPSA) is 45.6 Å². The second-order valence-electron chi connectivity index (χ2n) is 4.63. The van der Waals surface area contributed by atoms with Crippen molar-refractivity contribution in [2.24, 2.45) is 0 Å². The minimum atomic E-state index is -0.423. The predicted octanol–water partition coefficient (Wildman–Crippen LogP) is 1.69. The zero-order valence-electron chi connectivity index (χ0n) is 11.4. The van der Waals surface area contributed by atoms with Crippen LogP contribution in [0.2, 0.25) is 0 Å². The summed E-state index contributed by atoms with van der Waals surface area (Å²) < 4.78 is 5.40. The number of hydrogen-bond acceptors (Lipinski definition) is 4. The van der Waals surface area contributed by atoms with Crippen molar-refractivity contribution >= 4 is 0 Å². The van der Waals surface area contributed by atoms with Gasteiger partial charge in [0, 0.05) is 32.1 Å². The first-order valence-corrected chi connectivity index (χ1v) is 6.55. The van der Waals surface area contributed by atoms with Crippen LogP contribution in [0, 0.1) is 0 Å². The van der Waals surface area contributed by atoms with Crippen LogP contribution < -0.4 is 0 Å². The lowest BCUT2D eigenvalue weighted by Crippen LogP contribution is -2.32. The monoisotopic (exact) mass is 252 g/mol. The predicted molar refractivity (Wildman–Crippen MR) is 72.3 cm³/mol. The van der Waals surface area contributed by atoms with Crippen LogP contribution in [0.15, 0.2) is 24.5 Å². The fourth-order valence-electron chi connectivity index (χ4n) is 1.74. The Bertz CT molecular complexity index is 306. The minimum Gasteiger partial charge on any atom is -0.389 e. The standard InChI is InChI=1S/C14H24N2O2/c1-3-4-9-18-12-14(17)11-16(2)10-13-5-7-15-8-6-13/h5-8,14,17H,3-4,9-12H2,1-2H3. The summed E-state index contributed by atoms with van der Waals surface area (Å²) in [5.41, 5.74) is 1.20. The highest BCUT2D eigenvalue weighted by Gasteiger charge is 2.08. The van der Waals surface area contributed by atoms with Crippen LogP contribution in [-0.4, -0.2) is 47.9 Å². The first-order valence-electron chi connectivity index (χ1n) is 6.55. The number of hydrogen-bond donors (Lipinski definition) is 1. The molecular formula is C14H24N2O2. The van der Waals surface area contributed by atoms with Gasteiger partial charge >= 0.3 is 0 Å². The van der Waals surface area contributed by atoms with Gasteiger partial charge in [-0.25, -0.2) is 0 Å². The summed E-state index contributed by atoms with van der Waals surface area (Å²) >= 11 is 0. The fraction of sp³-hybridized carbons (Fsp3) is 0.643. The van der Waals surface area contributed by atoms with Crippen molar-refractivity contribution in [1.82, 2.24) is 9.88 Å². The summed E-state index contributed by atoms with van der Waals surface area (Å²) in [6, 6.07) is 3.97. The number of aliphatic hydroxyl groups excluding tert-OH is 1. The van der Waals surface area contributed by atoms with Crippen LogP contribution in [0.5, 0.6) is 0 Å². The van der Waals surface area contributed by atoms with Crippen molar-refractivity contribution in [3.8, 4) is 0 Å². The Balaban J connectivity index is 2.17. The molecule has 0 aromatic carbocycles. The normalized spacial score (nSPS) is 12.9. The van der Waals surface area contributed by atoms with E-state index in [2.05, 4.69) is 16.8 Å². The van der Waals surface area contributed by atoms with Gasteiger partial charge < -0.3 is 9.84 Å². The van der Waals surface area contributed by atoms with Crippen LogP contribution in [0.3, 0.4) is 0 Å². The van der Waals surface area contributed by atoms with Crippen LogP contribution in [0.1, 0.15) is 25.3 Å².